The predicted molar refractivity (Wildman–Crippen MR) is 89.3 cm³/mol. The molecule has 1 heterocycles. The zero-order valence-electron chi connectivity index (χ0n) is 13.4. The number of ether oxygens (including phenoxy) is 1. The van der Waals surface area contributed by atoms with Crippen molar-refractivity contribution in [2.75, 3.05) is 5.32 Å². The van der Waals surface area contributed by atoms with Gasteiger partial charge in [0.25, 0.3) is 5.91 Å². The Labute approximate surface area is 147 Å². The maximum absolute atomic E-state index is 14.1. The first-order valence-corrected chi connectivity index (χ1v) is 7.61. The smallest absolute Gasteiger partial charge is 0.255 e. The number of amides is 1. The van der Waals surface area contributed by atoms with Crippen LogP contribution in [0.2, 0.25) is 0 Å². The van der Waals surface area contributed by atoms with Crippen LogP contribution in [0.4, 0.5) is 18.9 Å². The fraction of sp³-hybridized carbons (Fsp3) is 0.0526. The summed E-state index contributed by atoms with van der Waals surface area (Å²) in [5.74, 6) is -2.52. The Kier molecular flexibility index (Phi) is 5.17. The van der Waals surface area contributed by atoms with Crippen LogP contribution in [0.1, 0.15) is 15.9 Å². The number of aromatic nitrogens is 1. The van der Waals surface area contributed by atoms with Crippen LogP contribution in [0.5, 0.6) is 5.75 Å². The van der Waals surface area contributed by atoms with E-state index in [-0.39, 0.29) is 23.6 Å². The number of pyridine rings is 1. The van der Waals surface area contributed by atoms with Gasteiger partial charge in [-0.25, -0.2) is 13.8 Å². The lowest BCUT2D eigenvalue weighted by atomic mass is 10.2. The van der Waals surface area contributed by atoms with Crippen molar-refractivity contribution in [3.63, 3.8) is 0 Å². The lowest BCUT2D eigenvalue weighted by Gasteiger charge is -2.10. The summed E-state index contributed by atoms with van der Waals surface area (Å²) in [5, 5.41) is 2.46. The van der Waals surface area contributed by atoms with Crippen molar-refractivity contribution in [3.8, 4) is 5.75 Å². The Hall–Kier alpha value is -3.35. The highest BCUT2D eigenvalue weighted by Crippen LogP contribution is 2.23. The van der Waals surface area contributed by atoms with Crippen molar-refractivity contribution in [2.24, 2.45) is 0 Å². The molecule has 2 aromatic carbocycles. The van der Waals surface area contributed by atoms with E-state index >= 15 is 0 Å². The number of hydrogen-bond acceptors (Lipinski definition) is 3. The fourth-order valence-corrected chi connectivity index (χ4v) is 2.23. The van der Waals surface area contributed by atoms with E-state index in [0.29, 0.717) is 5.56 Å². The first-order valence-electron chi connectivity index (χ1n) is 7.61. The van der Waals surface area contributed by atoms with Crippen LogP contribution >= 0.6 is 0 Å². The normalized spacial score (nSPS) is 10.4. The van der Waals surface area contributed by atoms with Gasteiger partial charge in [0.1, 0.15) is 12.4 Å². The number of benzene rings is 2. The van der Waals surface area contributed by atoms with Crippen molar-refractivity contribution in [2.45, 2.75) is 6.61 Å². The summed E-state index contributed by atoms with van der Waals surface area (Å²) in [7, 11) is 0. The van der Waals surface area contributed by atoms with E-state index in [1.807, 2.05) is 0 Å². The molecule has 0 aliphatic heterocycles. The van der Waals surface area contributed by atoms with E-state index in [0.717, 1.165) is 18.3 Å². The van der Waals surface area contributed by atoms with Crippen molar-refractivity contribution >= 4 is 11.6 Å². The van der Waals surface area contributed by atoms with Crippen LogP contribution in [-0.2, 0) is 6.61 Å². The van der Waals surface area contributed by atoms with Gasteiger partial charge < -0.3 is 10.1 Å². The van der Waals surface area contributed by atoms with Crippen LogP contribution in [0.3, 0.4) is 0 Å². The summed E-state index contributed by atoms with van der Waals surface area (Å²) in [5.41, 5.74) is 0.800. The zero-order valence-corrected chi connectivity index (χ0v) is 13.4. The number of rotatable bonds is 5. The molecule has 132 valence electrons. The van der Waals surface area contributed by atoms with Gasteiger partial charge in [0, 0.05) is 29.6 Å². The van der Waals surface area contributed by atoms with E-state index < -0.39 is 23.5 Å². The third kappa shape index (κ3) is 4.38. The Bertz CT molecular complexity index is 948. The summed E-state index contributed by atoms with van der Waals surface area (Å²) in [4.78, 5) is 15.4. The maximum atomic E-state index is 14.1. The third-order valence-corrected chi connectivity index (χ3v) is 3.46. The lowest BCUT2D eigenvalue weighted by Crippen LogP contribution is -2.12. The number of nitrogens with zero attached hydrogens (tertiary/aromatic N) is 1. The molecule has 4 nitrogen and oxygen atoms in total. The highest BCUT2D eigenvalue weighted by Gasteiger charge is 2.10. The van der Waals surface area contributed by atoms with Gasteiger partial charge in [-0.1, -0.05) is 12.1 Å². The first kappa shape index (κ1) is 17.5. The Morgan fingerprint density at radius 1 is 1.04 bits per heavy atom. The average Bonchev–Trinajstić information content (AvgIpc) is 2.61. The van der Waals surface area contributed by atoms with Crippen LogP contribution in [0.25, 0.3) is 0 Å². The second kappa shape index (κ2) is 7.69. The molecule has 0 atom stereocenters. The molecule has 0 aliphatic carbocycles. The van der Waals surface area contributed by atoms with Gasteiger partial charge in [0.15, 0.2) is 11.6 Å². The minimum atomic E-state index is -0.787. The minimum absolute atomic E-state index is 0.00330. The minimum Gasteiger partial charge on any atom is -0.486 e. The van der Waals surface area contributed by atoms with Crippen LogP contribution < -0.4 is 10.1 Å². The summed E-state index contributed by atoms with van der Waals surface area (Å²) < 4.78 is 45.6. The van der Waals surface area contributed by atoms with Gasteiger partial charge >= 0.3 is 0 Å². The summed E-state index contributed by atoms with van der Waals surface area (Å²) in [6.45, 7) is -0.00330. The topological polar surface area (TPSA) is 51.2 Å². The first-order chi connectivity index (χ1) is 12.5. The molecule has 0 saturated heterocycles. The average molecular weight is 358 g/mol. The zero-order chi connectivity index (χ0) is 18.5. The number of halogens is 3. The molecule has 0 saturated carbocycles. The van der Waals surface area contributed by atoms with Crippen molar-refractivity contribution < 1.29 is 22.7 Å². The van der Waals surface area contributed by atoms with Gasteiger partial charge in [-0.15, -0.1) is 0 Å². The summed E-state index contributed by atoms with van der Waals surface area (Å²) in [6, 6.07) is 12.0. The molecule has 1 aromatic heterocycles. The summed E-state index contributed by atoms with van der Waals surface area (Å²) in [6.07, 6.45) is 1.16. The van der Waals surface area contributed by atoms with E-state index in [1.165, 1.54) is 36.4 Å². The Morgan fingerprint density at radius 2 is 1.88 bits per heavy atom. The Morgan fingerprint density at radius 3 is 2.62 bits per heavy atom. The molecule has 0 spiro atoms. The second-order valence-electron chi connectivity index (χ2n) is 5.39. The number of anilines is 1. The van der Waals surface area contributed by atoms with Gasteiger partial charge in [0.2, 0.25) is 5.95 Å². The standard InChI is InChI=1S/C19H13F3N2O2/c20-14-3-1-2-12(8-14)11-26-17-5-4-15(10-16(17)21)24-19(25)13-6-7-23-18(22)9-13/h1-10H,11H2,(H,24,25). The predicted octanol–water partition coefficient (Wildman–Crippen LogP) is 4.33. The van der Waals surface area contributed by atoms with Gasteiger partial charge in [0.05, 0.1) is 0 Å². The molecule has 0 unspecified atom stereocenters. The molecule has 0 aliphatic rings. The van der Waals surface area contributed by atoms with E-state index in [9.17, 15) is 18.0 Å². The van der Waals surface area contributed by atoms with E-state index in [4.69, 9.17) is 4.74 Å². The van der Waals surface area contributed by atoms with Gasteiger partial charge in [-0.3, -0.25) is 4.79 Å². The number of nitrogens with one attached hydrogen (secondary N) is 1. The van der Waals surface area contributed by atoms with Crippen molar-refractivity contribution in [1.82, 2.24) is 4.98 Å². The van der Waals surface area contributed by atoms with Crippen molar-refractivity contribution in [3.05, 3.63) is 89.5 Å². The molecule has 1 N–H and O–H groups in total. The third-order valence-electron chi connectivity index (χ3n) is 3.46. The van der Waals surface area contributed by atoms with Gasteiger partial charge in [-0.05, 0) is 35.9 Å². The maximum Gasteiger partial charge on any atom is 0.255 e. The second-order valence-corrected chi connectivity index (χ2v) is 5.39. The fourth-order valence-electron chi connectivity index (χ4n) is 2.23. The number of hydrogen-bond donors (Lipinski definition) is 1. The van der Waals surface area contributed by atoms with E-state index in [2.05, 4.69) is 10.3 Å². The molecule has 26 heavy (non-hydrogen) atoms. The number of carbonyl (C=O) groups is 1. The van der Waals surface area contributed by atoms with Crippen molar-refractivity contribution in [1.29, 1.82) is 0 Å². The van der Waals surface area contributed by atoms with Gasteiger partial charge in [-0.2, -0.15) is 4.39 Å². The summed E-state index contributed by atoms with van der Waals surface area (Å²) >= 11 is 0. The molecular formula is C19H13F3N2O2. The Balaban J connectivity index is 1.66. The van der Waals surface area contributed by atoms with Crippen LogP contribution in [0.15, 0.2) is 60.8 Å². The molecule has 0 fully saturated rings. The van der Waals surface area contributed by atoms with Crippen LogP contribution in [0, 0.1) is 17.6 Å². The molecule has 1 amide bonds. The van der Waals surface area contributed by atoms with Crippen LogP contribution in [-0.4, -0.2) is 10.9 Å². The highest BCUT2D eigenvalue weighted by molar-refractivity contribution is 6.04. The molecular weight excluding hydrogens is 345 g/mol. The highest BCUT2D eigenvalue weighted by atomic mass is 19.1. The molecule has 3 aromatic rings. The SMILES string of the molecule is O=C(Nc1ccc(OCc2cccc(F)c2)c(F)c1)c1ccnc(F)c1. The molecule has 3 rings (SSSR count). The molecule has 7 heteroatoms. The number of carbonyl (C=O) groups excluding carboxylic acids is 1. The largest absolute Gasteiger partial charge is 0.486 e. The van der Waals surface area contributed by atoms with E-state index in [1.54, 1.807) is 6.07 Å². The molecule has 0 radical (unpaired) electrons. The molecule has 0 bridgehead atoms. The quantitative estimate of drug-likeness (QED) is 0.691. The monoisotopic (exact) mass is 358 g/mol. The lowest BCUT2D eigenvalue weighted by molar-refractivity contribution is 0.102.